The Bertz CT molecular complexity index is 508. The predicted octanol–water partition coefficient (Wildman–Crippen LogP) is -0.203. The lowest BCUT2D eigenvalue weighted by Gasteiger charge is -2.39. The molecular formula is C8H9BrClNO5S. The maximum absolute atomic E-state index is 12.2. The van der Waals surface area contributed by atoms with E-state index < -0.39 is 42.7 Å². The molecule has 2 saturated heterocycles. The molecule has 17 heavy (non-hydrogen) atoms. The lowest BCUT2D eigenvalue weighted by molar-refractivity contribution is -0.156. The molecule has 9 heteroatoms. The first-order valence-electron chi connectivity index (χ1n) is 4.68. The Morgan fingerprint density at radius 2 is 2.18 bits per heavy atom. The number of halogens is 2. The number of alkyl halides is 2. The lowest BCUT2D eigenvalue weighted by atomic mass is 9.98. The van der Waals surface area contributed by atoms with E-state index in [1.165, 1.54) is 6.92 Å². The fraction of sp³-hybridized carbons (Fsp3) is 0.750. The van der Waals surface area contributed by atoms with Gasteiger partial charge in [0.05, 0.1) is 0 Å². The van der Waals surface area contributed by atoms with Crippen molar-refractivity contribution in [3.05, 3.63) is 0 Å². The fourth-order valence-electron chi connectivity index (χ4n) is 2.28. The first-order chi connectivity index (χ1) is 7.70. The second-order valence-corrected chi connectivity index (χ2v) is 8.03. The second-order valence-electron chi connectivity index (χ2n) is 4.27. The van der Waals surface area contributed by atoms with Crippen LogP contribution in [0.4, 0.5) is 0 Å². The van der Waals surface area contributed by atoms with Gasteiger partial charge in [0.15, 0.2) is 21.3 Å². The largest absolute Gasteiger partial charge is 0.480 e. The van der Waals surface area contributed by atoms with Crippen LogP contribution < -0.4 is 0 Å². The smallest absolute Gasteiger partial charge is 0.328 e. The third-order valence-electron chi connectivity index (χ3n) is 3.34. The molecule has 2 rings (SSSR count). The van der Waals surface area contributed by atoms with E-state index in [1.807, 2.05) is 0 Å². The quantitative estimate of drug-likeness (QED) is 0.552. The number of sulfone groups is 1. The van der Waals surface area contributed by atoms with Crippen molar-refractivity contribution in [3.63, 3.8) is 0 Å². The Morgan fingerprint density at radius 3 is 2.59 bits per heavy atom. The maximum atomic E-state index is 12.2. The van der Waals surface area contributed by atoms with Crippen molar-refractivity contribution in [2.75, 3.05) is 5.88 Å². The number of nitrogens with zero attached hydrogens (tertiary/aromatic N) is 1. The van der Waals surface area contributed by atoms with E-state index in [0.717, 1.165) is 4.90 Å². The summed E-state index contributed by atoms with van der Waals surface area (Å²) in [5.74, 6) is -2.25. The molecule has 96 valence electrons. The van der Waals surface area contributed by atoms with Crippen molar-refractivity contribution in [1.82, 2.24) is 4.90 Å². The number of fused-ring (bicyclic) bond motifs is 1. The highest BCUT2D eigenvalue weighted by molar-refractivity contribution is 9.10. The summed E-state index contributed by atoms with van der Waals surface area (Å²) < 4.78 is 22.8. The number of carboxylic acids is 1. The molecule has 4 atom stereocenters. The molecular weight excluding hydrogens is 338 g/mol. The highest BCUT2D eigenvalue weighted by Crippen LogP contribution is 2.48. The van der Waals surface area contributed by atoms with E-state index >= 15 is 0 Å². The molecule has 0 aromatic heterocycles. The summed E-state index contributed by atoms with van der Waals surface area (Å²) in [6.45, 7) is 1.26. The molecule has 2 aliphatic rings. The summed E-state index contributed by atoms with van der Waals surface area (Å²) in [6.07, 6.45) is 0. The van der Waals surface area contributed by atoms with E-state index in [9.17, 15) is 18.0 Å². The van der Waals surface area contributed by atoms with Crippen LogP contribution in [-0.2, 0) is 19.4 Å². The zero-order valence-electron chi connectivity index (χ0n) is 8.63. The third kappa shape index (κ3) is 1.29. The molecule has 1 amide bonds. The summed E-state index contributed by atoms with van der Waals surface area (Å²) in [7, 11) is -3.81. The summed E-state index contributed by atoms with van der Waals surface area (Å²) in [6, 6.07) is -1.42. The number of carboxylic acid groups (broad SMARTS) is 1. The minimum atomic E-state index is -3.81. The molecule has 0 aromatic carbocycles. The predicted molar refractivity (Wildman–Crippen MR) is 62.8 cm³/mol. The van der Waals surface area contributed by atoms with Crippen molar-refractivity contribution in [1.29, 1.82) is 0 Å². The second kappa shape index (κ2) is 3.58. The van der Waals surface area contributed by atoms with Crippen molar-refractivity contribution in [3.8, 4) is 0 Å². The number of carbonyl (C=O) groups is 2. The van der Waals surface area contributed by atoms with E-state index in [0.29, 0.717) is 0 Å². The minimum absolute atomic E-state index is 0.369. The van der Waals surface area contributed by atoms with Gasteiger partial charge in [-0.3, -0.25) is 4.79 Å². The minimum Gasteiger partial charge on any atom is -0.480 e. The molecule has 0 saturated carbocycles. The number of hydrogen-bond acceptors (Lipinski definition) is 4. The van der Waals surface area contributed by atoms with Crippen LogP contribution in [0, 0.1) is 0 Å². The zero-order chi connectivity index (χ0) is 13.2. The number of hydrogen-bond donors (Lipinski definition) is 1. The molecule has 0 aliphatic carbocycles. The van der Waals surface area contributed by atoms with E-state index in [4.69, 9.17) is 16.7 Å². The van der Waals surface area contributed by atoms with Gasteiger partial charge in [-0.15, -0.1) is 11.6 Å². The molecule has 2 fully saturated rings. The number of aliphatic carboxylic acids is 1. The van der Waals surface area contributed by atoms with Crippen molar-refractivity contribution in [2.45, 2.75) is 27.9 Å². The maximum Gasteiger partial charge on any atom is 0.328 e. The van der Waals surface area contributed by atoms with Gasteiger partial charge in [-0.25, -0.2) is 13.2 Å². The Kier molecular flexibility index (Phi) is 2.76. The van der Waals surface area contributed by atoms with E-state index in [1.54, 1.807) is 0 Å². The Morgan fingerprint density at radius 1 is 1.65 bits per heavy atom. The van der Waals surface area contributed by atoms with E-state index in [2.05, 4.69) is 15.9 Å². The standard InChI is InChI=1S/C8H9BrClNO5S/c1-8(2-10)4(7(13)14)11-5(12)3(9)6(11)17(8,15)16/h3-4,6H,2H2,1H3,(H,13,14)/t3-,4?,6-,8-/m0/s1. The van der Waals surface area contributed by atoms with Gasteiger partial charge in [0.25, 0.3) is 0 Å². The highest BCUT2D eigenvalue weighted by Gasteiger charge is 2.73. The molecule has 0 spiro atoms. The topological polar surface area (TPSA) is 91.8 Å². The molecule has 1 unspecified atom stereocenters. The summed E-state index contributed by atoms with van der Waals surface area (Å²) in [5.41, 5.74) is 0. The highest BCUT2D eigenvalue weighted by atomic mass is 79.9. The van der Waals surface area contributed by atoms with Gasteiger partial charge < -0.3 is 10.0 Å². The molecule has 0 radical (unpaired) electrons. The van der Waals surface area contributed by atoms with Gasteiger partial charge in [-0.05, 0) is 6.92 Å². The molecule has 2 heterocycles. The van der Waals surface area contributed by atoms with Gasteiger partial charge in [-0.2, -0.15) is 0 Å². The SMILES string of the molecule is C[C@]1(CCl)C(C(=O)O)N2C(=O)[C@H](Br)[C@@H]2S1(=O)=O. The Hall–Kier alpha value is -0.340. The van der Waals surface area contributed by atoms with Gasteiger partial charge in [-0.1, -0.05) is 15.9 Å². The van der Waals surface area contributed by atoms with Crippen LogP contribution in [0.25, 0.3) is 0 Å². The fourth-order valence-corrected chi connectivity index (χ4v) is 6.42. The van der Waals surface area contributed by atoms with E-state index in [-0.39, 0.29) is 5.88 Å². The van der Waals surface area contributed by atoms with Crippen molar-refractivity contribution in [2.24, 2.45) is 0 Å². The number of carbonyl (C=O) groups excluding carboxylic acids is 1. The average Bonchev–Trinajstić information content (AvgIpc) is 2.42. The molecule has 0 aromatic rings. The van der Waals surface area contributed by atoms with Crippen LogP contribution in [0.3, 0.4) is 0 Å². The Balaban J connectivity index is 2.62. The van der Waals surface area contributed by atoms with Crippen LogP contribution in [0.1, 0.15) is 6.92 Å². The number of amides is 1. The van der Waals surface area contributed by atoms with Crippen molar-refractivity contribution >= 4 is 49.2 Å². The zero-order valence-corrected chi connectivity index (χ0v) is 11.8. The third-order valence-corrected chi connectivity index (χ3v) is 8.10. The van der Waals surface area contributed by atoms with Crippen LogP contribution >= 0.6 is 27.5 Å². The lowest BCUT2D eigenvalue weighted by Crippen LogP contribution is -2.64. The molecule has 2 aliphatic heterocycles. The summed E-state index contributed by atoms with van der Waals surface area (Å²) >= 11 is 8.59. The number of β-lactam (4-membered cyclic amide) rings is 1. The van der Waals surface area contributed by atoms with Gasteiger partial charge in [0, 0.05) is 5.88 Å². The summed E-state index contributed by atoms with van der Waals surface area (Å²) in [4.78, 5) is 22.7. The first kappa shape index (κ1) is 13.1. The van der Waals surface area contributed by atoms with Gasteiger partial charge >= 0.3 is 5.97 Å². The van der Waals surface area contributed by atoms with Crippen LogP contribution in [0.5, 0.6) is 0 Å². The number of rotatable bonds is 2. The monoisotopic (exact) mass is 345 g/mol. The van der Waals surface area contributed by atoms with Crippen LogP contribution in [-0.4, -0.2) is 57.2 Å². The van der Waals surface area contributed by atoms with Gasteiger partial charge in [0.2, 0.25) is 5.91 Å². The van der Waals surface area contributed by atoms with Crippen molar-refractivity contribution < 1.29 is 23.1 Å². The Labute approximate surface area is 111 Å². The first-order valence-corrected chi connectivity index (χ1v) is 7.68. The van der Waals surface area contributed by atoms with Crippen LogP contribution in [0.15, 0.2) is 0 Å². The normalized spacial score (nSPS) is 43.1. The molecule has 0 bridgehead atoms. The van der Waals surface area contributed by atoms with Crippen LogP contribution in [0.2, 0.25) is 0 Å². The average molecular weight is 347 g/mol. The van der Waals surface area contributed by atoms with Gasteiger partial charge in [0.1, 0.15) is 9.57 Å². The molecule has 1 N–H and O–H groups in total. The summed E-state index contributed by atoms with van der Waals surface area (Å²) in [5, 5.41) is 7.98. The molecule has 6 nitrogen and oxygen atoms in total.